The molecule has 0 atom stereocenters. The third kappa shape index (κ3) is 3.68. The Kier molecular flexibility index (Phi) is 4.21. The lowest BCUT2D eigenvalue weighted by Crippen LogP contribution is -2.43. The average Bonchev–Trinajstić information content (AvgIpc) is 2.35. The van der Waals surface area contributed by atoms with Gasteiger partial charge in [-0.3, -0.25) is 10.1 Å². The van der Waals surface area contributed by atoms with Gasteiger partial charge in [0, 0.05) is 41.6 Å². The molecule has 0 bridgehead atoms. The smallest absolute Gasteiger partial charge is 0.288 e. The summed E-state index contributed by atoms with van der Waals surface area (Å²) in [6, 6.07) is 4.32. The molecule has 6 nitrogen and oxygen atoms in total. The van der Waals surface area contributed by atoms with E-state index in [1.165, 1.54) is 12.1 Å². The Bertz CT molecular complexity index is 671. The second-order valence-electron chi connectivity index (χ2n) is 5.71. The van der Waals surface area contributed by atoms with Crippen LogP contribution in [0.2, 0.25) is 0 Å². The van der Waals surface area contributed by atoms with Crippen LogP contribution in [-0.4, -0.2) is 43.2 Å². The Morgan fingerprint density at radius 1 is 1.38 bits per heavy atom. The zero-order chi connectivity index (χ0) is 15.8. The first-order valence-electron chi connectivity index (χ1n) is 6.47. The van der Waals surface area contributed by atoms with E-state index in [1.54, 1.807) is 6.07 Å². The first kappa shape index (κ1) is 16.1. The highest BCUT2D eigenvalue weighted by atomic mass is 32.2. The van der Waals surface area contributed by atoms with Gasteiger partial charge in [0.2, 0.25) is 0 Å². The molecule has 0 aliphatic carbocycles. The van der Waals surface area contributed by atoms with Crippen LogP contribution in [0.25, 0.3) is 0 Å². The van der Waals surface area contributed by atoms with Crippen molar-refractivity contribution in [3.05, 3.63) is 28.3 Å². The van der Waals surface area contributed by atoms with Gasteiger partial charge < -0.3 is 4.90 Å². The monoisotopic (exact) mass is 330 g/mol. The minimum Gasteiger partial charge on any atom is -0.369 e. The van der Waals surface area contributed by atoms with Crippen LogP contribution in [0.15, 0.2) is 23.1 Å². The van der Waals surface area contributed by atoms with E-state index >= 15 is 0 Å². The Morgan fingerprint density at radius 2 is 2.05 bits per heavy atom. The van der Waals surface area contributed by atoms with E-state index in [-0.39, 0.29) is 15.3 Å². The van der Waals surface area contributed by atoms with Crippen LogP contribution in [0.3, 0.4) is 0 Å². The summed E-state index contributed by atoms with van der Waals surface area (Å²) in [6.45, 7) is 5.84. The summed E-state index contributed by atoms with van der Waals surface area (Å²) in [4.78, 5) is 12.2. The molecular weight excluding hydrogens is 312 g/mol. The van der Waals surface area contributed by atoms with E-state index in [2.05, 4.69) is 18.7 Å². The molecule has 1 heterocycles. The zero-order valence-electron chi connectivity index (χ0n) is 12.2. The minimum atomic E-state index is -3.64. The predicted molar refractivity (Wildman–Crippen MR) is 85.0 cm³/mol. The fourth-order valence-electron chi connectivity index (χ4n) is 2.38. The maximum Gasteiger partial charge on any atom is 0.288 e. The molecule has 1 aliphatic rings. The largest absolute Gasteiger partial charge is 0.369 e. The Hall–Kier alpha value is -1.28. The maximum absolute atomic E-state index is 11.8. The molecule has 1 saturated heterocycles. The molecule has 0 spiro atoms. The lowest BCUT2D eigenvalue weighted by molar-refractivity contribution is -0.387. The topological polar surface area (TPSA) is 80.5 Å². The number of hydrogen-bond acceptors (Lipinski definition) is 6. The van der Waals surface area contributed by atoms with E-state index < -0.39 is 14.8 Å². The molecule has 0 unspecified atom stereocenters. The van der Waals surface area contributed by atoms with Crippen molar-refractivity contribution in [2.45, 2.75) is 23.5 Å². The van der Waals surface area contributed by atoms with Gasteiger partial charge in [-0.1, -0.05) is 0 Å². The van der Waals surface area contributed by atoms with Crippen molar-refractivity contribution in [2.24, 2.45) is 0 Å². The van der Waals surface area contributed by atoms with Crippen molar-refractivity contribution in [3.63, 3.8) is 0 Å². The van der Waals surface area contributed by atoms with Crippen molar-refractivity contribution < 1.29 is 13.3 Å². The zero-order valence-corrected chi connectivity index (χ0v) is 13.8. The molecule has 2 rings (SSSR count). The molecule has 1 aromatic carbocycles. The molecule has 8 heteroatoms. The number of nitro benzene ring substituents is 1. The van der Waals surface area contributed by atoms with Gasteiger partial charge in [-0.05, 0) is 26.0 Å². The summed E-state index contributed by atoms with van der Waals surface area (Å²) >= 11 is 1.87. The molecule has 0 amide bonds. The van der Waals surface area contributed by atoms with Crippen molar-refractivity contribution in [1.29, 1.82) is 0 Å². The number of benzene rings is 1. The summed E-state index contributed by atoms with van der Waals surface area (Å²) in [5, 5.41) is 11.0. The Morgan fingerprint density at radius 3 is 2.57 bits per heavy atom. The van der Waals surface area contributed by atoms with E-state index in [4.69, 9.17) is 0 Å². The van der Waals surface area contributed by atoms with Gasteiger partial charge in [0.15, 0.2) is 9.84 Å². The molecule has 116 valence electrons. The lowest BCUT2D eigenvalue weighted by Gasteiger charge is -2.39. The standard InChI is InChI=1S/C13H18N2O4S2/c1-13(2)9-14(6-7-20-13)10-4-5-11(15(16)17)12(8-10)21(3,18)19/h4-5,8H,6-7,9H2,1-3H3. The minimum absolute atomic E-state index is 0.0747. The van der Waals surface area contributed by atoms with Crippen molar-refractivity contribution in [1.82, 2.24) is 0 Å². The van der Waals surface area contributed by atoms with E-state index in [1.807, 2.05) is 11.8 Å². The van der Waals surface area contributed by atoms with Gasteiger partial charge in [0.25, 0.3) is 5.69 Å². The van der Waals surface area contributed by atoms with Crippen LogP contribution in [0.4, 0.5) is 11.4 Å². The van der Waals surface area contributed by atoms with Crippen LogP contribution in [0.1, 0.15) is 13.8 Å². The van der Waals surface area contributed by atoms with Crippen molar-refractivity contribution in [2.75, 3.05) is 30.0 Å². The number of rotatable bonds is 3. The predicted octanol–water partition coefficient (Wildman–Crippen LogP) is 2.33. The lowest BCUT2D eigenvalue weighted by atomic mass is 10.1. The molecule has 1 aromatic rings. The maximum atomic E-state index is 11.8. The van der Waals surface area contributed by atoms with Gasteiger partial charge >= 0.3 is 0 Å². The van der Waals surface area contributed by atoms with Crippen LogP contribution < -0.4 is 4.90 Å². The number of hydrogen-bond donors (Lipinski definition) is 0. The second kappa shape index (κ2) is 5.49. The van der Waals surface area contributed by atoms with Crippen molar-refractivity contribution in [3.8, 4) is 0 Å². The molecule has 1 fully saturated rings. The van der Waals surface area contributed by atoms with Crippen LogP contribution in [0.5, 0.6) is 0 Å². The highest BCUT2D eigenvalue weighted by molar-refractivity contribution is 8.00. The number of anilines is 1. The second-order valence-corrected chi connectivity index (χ2v) is 9.50. The quantitative estimate of drug-likeness (QED) is 0.625. The molecule has 0 N–H and O–H groups in total. The number of nitrogens with zero attached hydrogens (tertiary/aromatic N) is 2. The average molecular weight is 330 g/mol. The van der Waals surface area contributed by atoms with E-state index in [0.29, 0.717) is 0 Å². The molecule has 0 saturated carbocycles. The fourth-order valence-corrected chi connectivity index (χ4v) is 4.35. The number of sulfone groups is 1. The summed E-state index contributed by atoms with van der Waals surface area (Å²) < 4.78 is 23.7. The highest BCUT2D eigenvalue weighted by Crippen LogP contribution is 2.34. The van der Waals surface area contributed by atoms with Crippen molar-refractivity contribution >= 4 is 33.0 Å². The first-order valence-corrected chi connectivity index (χ1v) is 9.35. The van der Waals surface area contributed by atoms with E-state index in [9.17, 15) is 18.5 Å². The summed E-state index contributed by atoms with van der Waals surface area (Å²) in [5.41, 5.74) is 0.348. The summed E-state index contributed by atoms with van der Waals surface area (Å²) in [5.74, 6) is 0.943. The van der Waals surface area contributed by atoms with Gasteiger partial charge in [-0.2, -0.15) is 11.8 Å². The van der Waals surface area contributed by atoms with Crippen LogP contribution >= 0.6 is 11.8 Å². The van der Waals surface area contributed by atoms with Gasteiger partial charge in [-0.25, -0.2) is 8.42 Å². The Balaban J connectivity index is 2.45. The molecule has 21 heavy (non-hydrogen) atoms. The third-order valence-corrected chi connectivity index (χ3v) is 5.75. The number of thioether (sulfide) groups is 1. The van der Waals surface area contributed by atoms with Gasteiger partial charge in [0.05, 0.1) is 4.92 Å². The fraction of sp³-hybridized carbons (Fsp3) is 0.538. The van der Waals surface area contributed by atoms with Crippen LogP contribution in [-0.2, 0) is 9.84 Å². The molecule has 1 aliphatic heterocycles. The first-order chi connectivity index (χ1) is 9.60. The molecular formula is C13H18N2O4S2. The molecule has 0 aromatic heterocycles. The number of nitro groups is 1. The normalized spacial score (nSPS) is 18.5. The van der Waals surface area contributed by atoms with E-state index in [0.717, 1.165) is 30.8 Å². The van der Waals surface area contributed by atoms with Gasteiger partial charge in [-0.15, -0.1) is 0 Å². The molecule has 0 radical (unpaired) electrons. The van der Waals surface area contributed by atoms with Gasteiger partial charge in [0.1, 0.15) is 4.90 Å². The Labute approximate surface area is 128 Å². The SMILES string of the molecule is CC1(C)CN(c2ccc([N+](=O)[O-])c(S(C)(=O)=O)c2)CCS1. The highest BCUT2D eigenvalue weighted by Gasteiger charge is 2.29. The van der Waals surface area contributed by atoms with Crippen LogP contribution in [0, 0.1) is 10.1 Å². The summed E-state index contributed by atoms with van der Waals surface area (Å²) in [6.07, 6.45) is 0.995. The summed E-state index contributed by atoms with van der Waals surface area (Å²) in [7, 11) is -3.64. The third-order valence-electron chi connectivity index (χ3n) is 3.33.